The van der Waals surface area contributed by atoms with E-state index in [2.05, 4.69) is 15.6 Å². The number of carbonyl (C=O) groups excluding carboxylic acids is 2. The van der Waals surface area contributed by atoms with Crippen LogP contribution >= 0.6 is 0 Å². The third-order valence-corrected chi connectivity index (χ3v) is 5.29. The molecule has 30 heavy (non-hydrogen) atoms. The number of amides is 2. The van der Waals surface area contributed by atoms with Gasteiger partial charge in [0.1, 0.15) is 5.82 Å². The topological polar surface area (TPSA) is 96.2 Å². The SMILES string of the molecule is CC1CC1C(=O)Nc1ccc(C(=O)NCCC(O)(c2nccn2C)C(F)(F)F)cc1. The van der Waals surface area contributed by atoms with Gasteiger partial charge >= 0.3 is 6.18 Å². The van der Waals surface area contributed by atoms with E-state index in [-0.39, 0.29) is 17.4 Å². The highest BCUT2D eigenvalue weighted by atomic mass is 19.4. The number of imidazole rings is 1. The van der Waals surface area contributed by atoms with Crippen molar-refractivity contribution in [3.63, 3.8) is 0 Å². The lowest BCUT2D eigenvalue weighted by Gasteiger charge is -2.30. The lowest BCUT2D eigenvalue weighted by Crippen LogP contribution is -2.46. The molecule has 3 atom stereocenters. The van der Waals surface area contributed by atoms with Gasteiger partial charge < -0.3 is 20.3 Å². The minimum absolute atomic E-state index is 0.0130. The molecule has 0 radical (unpaired) electrons. The molecule has 10 heteroatoms. The van der Waals surface area contributed by atoms with Crippen LogP contribution < -0.4 is 10.6 Å². The molecular formula is C20H23F3N4O3. The fraction of sp³-hybridized carbons (Fsp3) is 0.450. The summed E-state index contributed by atoms with van der Waals surface area (Å²) in [5.74, 6) is -0.821. The molecule has 1 aromatic carbocycles. The molecule has 162 valence electrons. The molecule has 1 aromatic heterocycles. The second-order valence-electron chi connectivity index (χ2n) is 7.61. The number of nitrogens with one attached hydrogen (secondary N) is 2. The first-order valence-electron chi connectivity index (χ1n) is 9.49. The highest BCUT2D eigenvalue weighted by Gasteiger charge is 2.57. The van der Waals surface area contributed by atoms with E-state index >= 15 is 0 Å². The van der Waals surface area contributed by atoms with Gasteiger partial charge in [-0.1, -0.05) is 6.92 Å². The Kier molecular flexibility index (Phi) is 5.89. The molecule has 0 saturated heterocycles. The number of anilines is 1. The van der Waals surface area contributed by atoms with Crippen LogP contribution in [0.4, 0.5) is 18.9 Å². The molecule has 1 aliphatic rings. The molecular weight excluding hydrogens is 401 g/mol. The molecule has 1 saturated carbocycles. The smallest absolute Gasteiger partial charge is 0.374 e. The summed E-state index contributed by atoms with van der Waals surface area (Å²) in [5, 5.41) is 15.4. The lowest BCUT2D eigenvalue weighted by atomic mass is 9.97. The molecule has 2 aromatic rings. The summed E-state index contributed by atoms with van der Waals surface area (Å²) in [6.07, 6.45) is -2.44. The Hall–Kier alpha value is -2.88. The van der Waals surface area contributed by atoms with Gasteiger partial charge in [-0.05, 0) is 36.6 Å². The van der Waals surface area contributed by atoms with E-state index in [4.69, 9.17) is 0 Å². The predicted octanol–water partition coefficient (Wildman–Crippen LogP) is 2.58. The van der Waals surface area contributed by atoms with Gasteiger partial charge in [-0.25, -0.2) is 4.98 Å². The molecule has 3 rings (SSSR count). The Balaban J connectivity index is 1.58. The number of rotatable bonds is 7. The average Bonchev–Trinajstić information content (AvgIpc) is 3.25. The molecule has 3 unspecified atom stereocenters. The summed E-state index contributed by atoms with van der Waals surface area (Å²) >= 11 is 0. The fourth-order valence-corrected chi connectivity index (χ4v) is 3.23. The predicted molar refractivity (Wildman–Crippen MR) is 102 cm³/mol. The molecule has 0 bridgehead atoms. The molecule has 2 amide bonds. The zero-order chi connectivity index (χ0) is 22.1. The van der Waals surface area contributed by atoms with Crippen LogP contribution in [0.1, 0.15) is 35.9 Å². The van der Waals surface area contributed by atoms with Crippen molar-refractivity contribution in [3.8, 4) is 0 Å². The maximum atomic E-state index is 13.5. The van der Waals surface area contributed by atoms with Crippen molar-refractivity contribution in [1.82, 2.24) is 14.9 Å². The number of hydrogen-bond acceptors (Lipinski definition) is 4. The fourth-order valence-electron chi connectivity index (χ4n) is 3.23. The normalized spacial score (nSPS) is 20.3. The van der Waals surface area contributed by atoms with Crippen LogP contribution in [-0.4, -0.2) is 39.2 Å². The number of halogens is 3. The van der Waals surface area contributed by atoms with Gasteiger partial charge in [0, 0.05) is 49.6 Å². The number of alkyl halides is 3. The Morgan fingerprint density at radius 1 is 1.27 bits per heavy atom. The van der Waals surface area contributed by atoms with Crippen molar-refractivity contribution < 1.29 is 27.9 Å². The monoisotopic (exact) mass is 424 g/mol. The quantitative estimate of drug-likeness (QED) is 0.637. The first-order valence-corrected chi connectivity index (χ1v) is 9.49. The number of aromatic nitrogens is 2. The molecule has 3 N–H and O–H groups in total. The van der Waals surface area contributed by atoms with Gasteiger partial charge in [0.05, 0.1) is 0 Å². The Morgan fingerprint density at radius 3 is 2.40 bits per heavy atom. The van der Waals surface area contributed by atoms with E-state index < -0.39 is 36.5 Å². The van der Waals surface area contributed by atoms with Crippen molar-refractivity contribution in [2.45, 2.75) is 31.5 Å². The molecule has 1 fully saturated rings. The maximum absolute atomic E-state index is 13.5. The van der Waals surface area contributed by atoms with Crippen LogP contribution in [0.5, 0.6) is 0 Å². The van der Waals surface area contributed by atoms with E-state index in [1.165, 1.54) is 25.4 Å². The van der Waals surface area contributed by atoms with Crippen molar-refractivity contribution in [2.75, 3.05) is 11.9 Å². The van der Waals surface area contributed by atoms with Gasteiger partial charge in [-0.15, -0.1) is 0 Å². The lowest BCUT2D eigenvalue weighted by molar-refractivity contribution is -0.272. The second-order valence-corrected chi connectivity index (χ2v) is 7.61. The van der Waals surface area contributed by atoms with E-state index in [1.54, 1.807) is 12.1 Å². The standard InChI is InChI=1S/C20H23F3N4O3/c1-12-11-15(12)17(29)26-14-5-3-13(4-6-14)16(28)24-8-7-19(30,20(21,22)23)18-25-9-10-27(18)2/h3-6,9-10,12,15,30H,7-8,11H2,1-2H3,(H,24,28)(H,26,29). The summed E-state index contributed by atoms with van der Waals surface area (Å²) in [5.41, 5.74) is -2.43. The van der Waals surface area contributed by atoms with Gasteiger partial charge in [0.25, 0.3) is 5.91 Å². The number of nitrogens with zero attached hydrogens (tertiary/aromatic N) is 2. The van der Waals surface area contributed by atoms with Crippen LogP contribution in [-0.2, 0) is 17.4 Å². The first-order chi connectivity index (χ1) is 14.0. The Labute approximate surface area is 171 Å². The molecule has 1 heterocycles. The Morgan fingerprint density at radius 2 is 1.90 bits per heavy atom. The summed E-state index contributed by atoms with van der Waals surface area (Å²) in [7, 11) is 1.35. The minimum Gasteiger partial charge on any atom is -0.374 e. The number of aryl methyl sites for hydroxylation is 1. The van der Waals surface area contributed by atoms with Crippen LogP contribution in [0, 0.1) is 11.8 Å². The summed E-state index contributed by atoms with van der Waals surface area (Å²) in [4.78, 5) is 27.8. The maximum Gasteiger partial charge on any atom is 0.424 e. The zero-order valence-electron chi connectivity index (χ0n) is 16.5. The largest absolute Gasteiger partial charge is 0.424 e. The van der Waals surface area contributed by atoms with Gasteiger partial charge in [-0.2, -0.15) is 13.2 Å². The third kappa shape index (κ3) is 4.48. The first kappa shape index (κ1) is 21.8. The number of carbonyl (C=O) groups is 2. The molecule has 1 aliphatic carbocycles. The third-order valence-electron chi connectivity index (χ3n) is 5.29. The molecule has 0 spiro atoms. The van der Waals surface area contributed by atoms with Crippen LogP contribution in [0.25, 0.3) is 0 Å². The van der Waals surface area contributed by atoms with Crippen molar-refractivity contribution >= 4 is 17.5 Å². The molecule has 0 aliphatic heterocycles. The molecule has 7 nitrogen and oxygen atoms in total. The average molecular weight is 424 g/mol. The van der Waals surface area contributed by atoms with E-state index in [9.17, 15) is 27.9 Å². The van der Waals surface area contributed by atoms with Crippen molar-refractivity contribution in [1.29, 1.82) is 0 Å². The summed E-state index contributed by atoms with van der Waals surface area (Å²) < 4.78 is 41.5. The van der Waals surface area contributed by atoms with Crippen molar-refractivity contribution in [3.05, 3.63) is 48.0 Å². The van der Waals surface area contributed by atoms with Gasteiger partial charge in [-0.3, -0.25) is 9.59 Å². The summed E-state index contributed by atoms with van der Waals surface area (Å²) in [6, 6.07) is 6.05. The zero-order valence-corrected chi connectivity index (χ0v) is 16.5. The highest BCUT2D eigenvalue weighted by molar-refractivity contribution is 5.96. The van der Waals surface area contributed by atoms with Gasteiger partial charge in [0.2, 0.25) is 11.5 Å². The van der Waals surface area contributed by atoms with Crippen LogP contribution in [0.2, 0.25) is 0 Å². The van der Waals surface area contributed by atoms with Gasteiger partial charge in [0.15, 0.2) is 0 Å². The van der Waals surface area contributed by atoms with Crippen LogP contribution in [0.15, 0.2) is 36.7 Å². The highest BCUT2D eigenvalue weighted by Crippen LogP contribution is 2.40. The van der Waals surface area contributed by atoms with E-state index in [0.29, 0.717) is 11.6 Å². The minimum atomic E-state index is -4.96. The van der Waals surface area contributed by atoms with E-state index in [0.717, 1.165) is 17.2 Å². The van der Waals surface area contributed by atoms with Crippen LogP contribution in [0.3, 0.4) is 0 Å². The summed E-state index contributed by atoms with van der Waals surface area (Å²) in [6.45, 7) is 1.57. The second kappa shape index (κ2) is 8.10. The number of hydrogen-bond donors (Lipinski definition) is 3. The Bertz CT molecular complexity index is 926. The number of aliphatic hydroxyl groups is 1. The van der Waals surface area contributed by atoms with Crippen molar-refractivity contribution in [2.24, 2.45) is 18.9 Å². The number of benzene rings is 1. The van der Waals surface area contributed by atoms with E-state index in [1.807, 2.05) is 6.92 Å².